The summed E-state index contributed by atoms with van der Waals surface area (Å²) in [7, 11) is 0. The molecule has 108 valence electrons. The van der Waals surface area contributed by atoms with Gasteiger partial charge in [0.15, 0.2) is 0 Å². The fourth-order valence-corrected chi connectivity index (χ4v) is 4.20. The number of rotatable bonds is 3. The fraction of sp³-hybridized carbons (Fsp3) is 0.941. The van der Waals surface area contributed by atoms with Crippen LogP contribution in [0.2, 0.25) is 0 Å². The van der Waals surface area contributed by atoms with Gasteiger partial charge in [-0.1, -0.05) is 33.1 Å². The van der Waals surface area contributed by atoms with E-state index in [1.165, 1.54) is 19.3 Å². The van der Waals surface area contributed by atoms with Gasteiger partial charge in [-0.05, 0) is 56.3 Å². The van der Waals surface area contributed by atoms with Crippen LogP contribution in [-0.4, -0.2) is 11.2 Å². The number of hydrogen-bond donors (Lipinski definition) is 1. The Bertz CT molecular complexity index is 317. The van der Waals surface area contributed by atoms with Crippen LogP contribution in [0.4, 0.5) is 0 Å². The van der Waals surface area contributed by atoms with Crippen molar-refractivity contribution in [3.8, 4) is 6.07 Å². The van der Waals surface area contributed by atoms with E-state index >= 15 is 0 Å². The van der Waals surface area contributed by atoms with Gasteiger partial charge in [0.25, 0.3) is 0 Å². The number of nitriles is 1. The predicted octanol–water partition coefficient (Wildman–Crippen LogP) is 4.28. The molecule has 0 aromatic carbocycles. The van der Waals surface area contributed by atoms with Crippen LogP contribution in [0.3, 0.4) is 0 Å². The zero-order valence-electron chi connectivity index (χ0n) is 12.6. The third-order valence-electron chi connectivity index (χ3n) is 5.75. The Hall–Kier alpha value is -0.550. The summed E-state index contributed by atoms with van der Waals surface area (Å²) < 4.78 is 0. The first kappa shape index (κ1) is 14.9. The topological polar surface area (TPSA) is 44.0 Å². The summed E-state index contributed by atoms with van der Waals surface area (Å²) in [6, 6.07) is 2.52. The quantitative estimate of drug-likeness (QED) is 0.825. The Labute approximate surface area is 118 Å². The summed E-state index contributed by atoms with van der Waals surface area (Å²) in [6.45, 7) is 4.56. The highest BCUT2D eigenvalue weighted by Gasteiger charge is 2.45. The lowest BCUT2D eigenvalue weighted by molar-refractivity contribution is -0.0293. The van der Waals surface area contributed by atoms with Crippen LogP contribution < -0.4 is 0 Å². The Morgan fingerprint density at radius 1 is 1.00 bits per heavy atom. The molecule has 0 amide bonds. The lowest BCUT2D eigenvalue weighted by Crippen LogP contribution is -2.43. The monoisotopic (exact) mass is 263 g/mol. The van der Waals surface area contributed by atoms with Crippen LogP contribution >= 0.6 is 0 Å². The second kappa shape index (κ2) is 6.27. The summed E-state index contributed by atoms with van der Waals surface area (Å²) in [4.78, 5) is 0. The smallest absolute Gasteiger partial charge is 0.0835 e. The van der Waals surface area contributed by atoms with E-state index < -0.39 is 5.41 Å². The van der Waals surface area contributed by atoms with Crippen molar-refractivity contribution in [2.24, 2.45) is 23.2 Å². The Morgan fingerprint density at radius 2 is 1.58 bits per heavy atom. The molecule has 1 atom stereocenters. The molecule has 0 bridgehead atoms. The normalized spacial score (nSPS) is 35.0. The van der Waals surface area contributed by atoms with Gasteiger partial charge >= 0.3 is 0 Å². The van der Waals surface area contributed by atoms with Gasteiger partial charge in [-0.25, -0.2) is 0 Å². The average molecular weight is 263 g/mol. The van der Waals surface area contributed by atoms with Crippen LogP contribution in [0, 0.1) is 34.5 Å². The largest absolute Gasteiger partial charge is 0.391 e. The van der Waals surface area contributed by atoms with E-state index in [-0.39, 0.29) is 6.10 Å². The Balaban J connectivity index is 2.01. The van der Waals surface area contributed by atoms with Crippen LogP contribution in [0.1, 0.15) is 71.6 Å². The lowest BCUT2D eigenvalue weighted by atomic mass is 9.62. The summed E-state index contributed by atoms with van der Waals surface area (Å²) in [6.07, 6.45) is 9.69. The van der Waals surface area contributed by atoms with E-state index in [2.05, 4.69) is 19.9 Å². The standard InChI is InChI=1S/C17H29NO/c1-13(2)14-8-10-17(12-18,11-9-14)16(19)15-6-4-3-5-7-15/h13-16,19H,3-11H2,1-2H3. The van der Waals surface area contributed by atoms with Crippen LogP contribution in [0.5, 0.6) is 0 Å². The summed E-state index contributed by atoms with van der Waals surface area (Å²) in [5, 5.41) is 20.4. The highest BCUT2D eigenvalue weighted by atomic mass is 16.3. The van der Waals surface area contributed by atoms with Gasteiger partial charge in [-0.2, -0.15) is 5.26 Å². The molecule has 0 aliphatic heterocycles. The first-order chi connectivity index (χ1) is 9.09. The first-order valence-corrected chi connectivity index (χ1v) is 8.18. The van der Waals surface area contributed by atoms with Gasteiger partial charge in [0.2, 0.25) is 0 Å². The predicted molar refractivity (Wildman–Crippen MR) is 77.4 cm³/mol. The van der Waals surface area contributed by atoms with E-state index in [1.54, 1.807) is 0 Å². The van der Waals surface area contributed by atoms with Crippen molar-refractivity contribution in [3.05, 3.63) is 0 Å². The maximum Gasteiger partial charge on any atom is 0.0835 e. The molecule has 0 heterocycles. The zero-order chi connectivity index (χ0) is 13.9. The molecular weight excluding hydrogens is 234 g/mol. The molecule has 0 radical (unpaired) electrons. The Morgan fingerprint density at radius 3 is 2.05 bits per heavy atom. The van der Waals surface area contributed by atoms with Crippen LogP contribution in [0.15, 0.2) is 0 Å². The second-order valence-corrected chi connectivity index (χ2v) is 7.19. The molecule has 1 N–H and O–H groups in total. The minimum absolute atomic E-state index is 0.379. The Kier molecular flexibility index (Phi) is 4.90. The number of aliphatic hydroxyl groups excluding tert-OH is 1. The highest BCUT2D eigenvalue weighted by molar-refractivity contribution is 5.07. The first-order valence-electron chi connectivity index (χ1n) is 8.18. The molecule has 0 saturated heterocycles. The van der Waals surface area contributed by atoms with Gasteiger partial charge < -0.3 is 5.11 Å². The molecule has 0 spiro atoms. The molecule has 2 aliphatic carbocycles. The zero-order valence-corrected chi connectivity index (χ0v) is 12.6. The van der Waals surface area contributed by atoms with E-state index in [1.807, 2.05) is 0 Å². The van der Waals surface area contributed by atoms with Crippen molar-refractivity contribution >= 4 is 0 Å². The summed E-state index contributed by atoms with van der Waals surface area (Å²) in [5.41, 5.74) is -0.437. The fourth-order valence-electron chi connectivity index (χ4n) is 4.20. The molecule has 2 aliphatic rings. The molecule has 0 aromatic heterocycles. The summed E-state index contributed by atoms with van der Waals surface area (Å²) in [5.74, 6) is 1.84. The van der Waals surface area contributed by atoms with Crippen molar-refractivity contribution < 1.29 is 5.11 Å². The maximum absolute atomic E-state index is 10.8. The minimum Gasteiger partial charge on any atom is -0.391 e. The van der Waals surface area contributed by atoms with Crippen molar-refractivity contribution in [2.75, 3.05) is 0 Å². The van der Waals surface area contributed by atoms with Crippen molar-refractivity contribution in [2.45, 2.75) is 77.7 Å². The van der Waals surface area contributed by atoms with Gasteiger partial charge in [0.05, 0.1) is 17.6 Å². The number of nitrogens with zero attached hydrogens (tertiary/aromatic N) is 1. The SMILES string of the molecule is CC(C)C1CCC(C#N)(C(O)C2CCCCC2)CC1. The van der Waals surface area contributed by atoms with Crippen LogP contribution in [0.25, 0.3) is 0 Å². The molecule has 2 saturated carbocycles. The van der Waals surface area contributed by atoms with Gasteiger partial charge in [-0.3, -0.25) is 0 Å². The van der Waals surface area contributed by atoms with E-state index in [0.29, 0.717) is 11.8 Å². The third kappa shape index (κ3) is 3.14. The highest BCUT2D eigenvalue weighted by Crippen LogP contribution is 2.47. The van der Waals surface area contributed by atoms with Crippen molar-refractivity contribution in [1.82, 2.24) is 0 Å². The maximum atomic E-state index is 10.8. The average Bonchev–Trinajstić information content (AvgIpc) is 2.47. The molecule has 1 unspecified atom stereocenters. The number of hydrogen-bond acceptors (Lipinski definition) is 2. The molecule has 2 nitrogen and oxygen atoms in total. The molecular formula is C17H29NO. The van der Waals surface area contributed by atoms with E-state index in [0.717, 1.165) is 44.4 Å². The van der Waals surface area contributed by atoms with Gasteiger partial charge in [-0.15, -0.1) is 0 Å². The van der Waals surface area contributed by atoms with E-state index in [9.17, 15) is 10.4 Å². The molecule has 2 rings (SSSR count). The second-order valence-electron chi connectivity index (χ2n) is 7.19. The molecule has 2 fully saturated rings. The molecule has 0 aromatic rings. The van der Waals surface area contributed by atoms with Crippen molar-refractivity contribution in [1.29, 1.82) is 5.26 Å². The van der Waals surface area contributed by atoms with E-state index in [4.69, 9.17) is 0 Å². The minimum atomic E-state index is -0.437. The molecule has 2 heteroatoms. The number of aliphatic hydroxyl groups is 1. The summed E-state index contributed by atoms with van der Waals surface area (Å²) >= 11 is 0. The molecule has 19 heavy (non-hydrogen) atoms. The lowest BCUT2D eigenvalue weighted by Gasteiger charge is -2.43. The van der Waals surface area contributed by atoms with Crippen LogP contribution in [-0.2, 0) is 0 Å². The van der Waals surface area contributed by atoms with Gasteiger partial charge in [0.1, 0.15) is 0 Å². The van der Waals surface area contributed by atoms with Crippen molar-refractivity contribution in [3.63, 3.8) is 0 Å². The third-order valence-corrected chi connectivity index (χ3v) is 5.75. The van der Waals surface area contributed by atoms with Gasteiger partial charge in [0, 0.05) is 0 Å².